The van der Waals surface area contributed by atoms with Crippen molar-refractivity contribution in [3.63, 3.8) is 0 Å². The molecule has 9 nitrogen and oxygen atoms in total. The molecule has 158 valence electrons. The minimum Gasteiger partial charge on any atom is -0.500 e. The van der Waals surface area contributed by atoms with Gasteiger partial charge in [-0.05, 0) is 30.3 Å². The summed E-state index contributed by atoms with van der Waals surface area (Å²) in [6, 6.07) is 11.8. The third kappa shape index (κ3) is 4.19. The predicted molar refractivity (Wildman–Crippen MR) is 120 cm³/mol. The van der Waals surface area contributed by atoms with Crippen molar-refractivity contribution in [3.05, 3.63) is 70.7 Å². The van der Waals surface area contributed by atoms with Crippen LogP contribution in [0.3, 0.4) is 0 Å². The number of nitrogens with one attached hydrogen (secondary N) is 2. The van der Waals surface area contributed by atoms with Crippen LogP contribution in [0.1, 0.15) is 10.4 Å². The minimum atomic E-state index is -0.318. The van der Waals surface area contributed by atoms with Gasteiger partial charge in [-0.1, -0.05) is 24.0 Å². The van der Waals surface area contributed by atoms with E-state index >= 15 is 0 Å². The van der Waals surface area contributed by atoms with Crippen LogP contribution >= 0.6 is 11.3 Å². The van der Waals surface area contributed by atoms with Crippen LogP contribution in [0, 0.1) is 0 Å². The van der Waals surface area contributed by atoms with E-state index in [1.807, 2.05) is 0 Å². The third-order valence-electron chi connectivity index (χ3n) is 4.51. The molecule has 2 aromatic heterocycles. The van der Waals surface area contributed by atoms with Crippen LogP contribution in [0.25, 0.3) is 15.9 Å². The van der Waals surface area contributed by atoms with Gasteiger partial charge in [0.25, 0.3) is 11.5 Å². The molecule has 4 rings (SSSR count). The highest BCUT2D eigenvalue weighted by Gasteiger charge is 2.14. The molecule has 0 spiro atoms. The predicted octanol–water partition coefficient (Wildman–Crippen LogP) is 3.14. The van der Waals surface area contributed by atoms with Crippen LogP contribution in [0.2, 0.25) is 0 Å². The molecule has 0 bridgehead atoms. The molecule has 0 fully saturated rings. The number of carbonyl (C=O) groups is 1. The summed E-state index contributed by atoms with van der Waals surface area (Å²) in [6.07, 6.45) is 0. The molecule has 10 heteroatoms. The molecule has 0 radical (unpaired) electrons. The summed E-state index contributed by atoms with van der Waals surface area (Å²) in [5.74, 6) is 0.857. The lowest BCUT2D eigenvalue weighted by molar-refractivity contribution is 0.102. The second kappa shape index (κ2) is 8.44. The molecule has 4 aromatic rings. The van der Waals surface area contributed by atoms with Gasteiger partial charge in [0.2, 0.25) is 10.1 Å². The number of nitrogens with zero attached hydrogens (tertiary/aromatic N) is 3. The van der Waals surface area contributed by atoms with Crippen LogP contribution in [0.4, 0.5) is 10.8 Å². The average molecular weight is 437 g/mol. The molecule has 1 amide bonds. The lowest BCUT2D eigenvalue weighted by Crippen LogP contribution is -2.17. The number of fused-ring (bicyclic) bond motifs is 2. The molecule has 0 saturated carbocycles. The molecule has 31 heavy (non-hydrogen) atoms. The SMILES string of the molecule is C=C(CNc1nn2c(=O)c3ccc(C(=O)Nc4cccc(OC)c4)cc3nc2s1)OC. The average Bonchev–Trinajstić information content (AvgIpc) is 3.20. The maximum Gasteiger partial charge on any atom is 0.283 e. The molecule has 0 saturated heterocycles. The number of rotatable bonds is 7. The van der Waals surface area contributed by atoms with Crippen molar-refractivity contribution >= 4 is 43.9 Å². The van der Waals surface area contributed by atoms with Crippen molar-refractivity contribution in [1.82, 2.24) is 14.6 Å². The fourth-order valence-electron chi connectivity index (χ4n) is 2.87. The van der Waals surface area contributed by atoms with Crippen LogP contribution in [0.15, 0.2) is 59.6 Å². The largest absolute Gasteiger partial charge is 0.500 e. The Bertz CT molecular complexity index is 1360. The fraction of sp³-hybridized carbons (Fsp3) is 0.143. The topological polar surface area (TPSA) is 107 Å². The standard InChI is InChI=1S/C21H19N5O4S/c1-12(29-2)11-22-20-25-26-19(28)16-8-7-13(9-17(16)24-21(26)31-20)18(27)23-14-5-4-6-15(10-14)30-3/h4-10H,1,11H2,2-3H3,(H,22,25)(H,23,27). The van der Waals surface area contributed by atoms with Crippen molar-refractivity contribution in [3.8, 4) is 5.75 Å². The Morgan fingerprint density at radius 3 is 2.84 bits per heavy atom. The summed E-state index contributed by atoms with van der Waals surface area (Å²) in [5, 5.41) is 11.0. The summed E-state index contributed by atoms with van der Waals surface area (Å²) < 4.78 is 11.4. The first-order valence-corrected chi connectivity index (χ1v) is 10.0. The summed E-state index contributed by atoms with van der Waals surface area (Å²) in [7, 11) is 3.09. The number of hydrogen-bond acceptors (Lipinski definition) is 8. The van der Waals surface area contributed by atoms with Crippen molar-refractivity contribution in [2.45, 2.75) is 0 Å². The number of aromatic nitrogens is 3. The van der Waals surface area contributed by atoms with Crippen molar-refractivity contribution in [1.29, 1.82) is 0 Å². The Morgan fingerprint density at radius 2 is 2.06 bits per heavy atom. The zero-order chi connectivity index (χ0) is 22.0. The third-order valence-corrected chi connectivity index (χ3v) is 5.38. The highest BCUT2D eigenvalue weighted by molar-refractivity contribution is 7.20. The molecule has 0 aliphatic carbocycles. The highest BCUT2D eigenvalue weighted by atomic mass is 32.1. The van der Waals surface area contributed by atoms with Crippen LogP contribution in [0.5, 0.6) is 5.75 Å². The quantitative estimate of drug-likeness (QED) is 0.428. The molecular formula is C21H19N5O4S. The molecule has 0 unspecified atom stereocenters. The maximum atomic E-state index is 12.8. The monoisotopic (exact) mass is 437 g/mol. The summed E-state index contributed by atoms with van der Waals surface area (Å²) in [6.45, 7) is 4.09. The van der Waals surface area contributed by atoms with Gasteiger partial charge in [0.05, 0.1) is 31.7 Å². The van der Waals surface area contributed by atoms with E-state index in [4.69, 9.17) is 9.47 Å². The molecule has 0 aliphatic heterocycles. The van der Waals surface area contributed by atoms with E-state index in [1.54, 1.807) is 49.6 Å². The molecule has 0 aliphatic rings. The van der Waals surface area contributed by atoms with E-state index in [1.165, 1.54) is 23.0 Å². The lowest BCUT2D eigenvalue weighted by atomic mass is 10.1. The van der Waals surface area contributed by atoms with Gasteiger partial charge < -0.3 is 20.1 Å². The first-order chi connectivity index (χ1) is 15.0. The highest BCUT2D eigenvalue weighted by Crippen LogP contribution is 2.21. The van der Waals surface area contributed by atoms with Crippen LogP contribution in [-0.4, -0.2) is 41.3 Å². The summed E-state index contributed by atoms with van der Waals surface area (Å²) in [4.78, 5) is 30.4. The van der Waals surface area contributed by atoms with Gasteiger partial charge >= 0.3 is 0 Å². The van der Waals surface area contributed by atoms with Gasteiger partial charge in [0.1, 0.15) is 11.5 Å². The molecule has 2 N–H and O–H groups in total. The van der Waals surface area contributed by atoms with Gasteiger partial charge in [-0.2, -0.15) is 4.52 Å². The Labute approximate surface area is 180 Å². The van der Waals surface area contributed by atoms with E-state index < -0.39 is 0 Å². The zero-order valence-electron chi connectivity index (χ0n) is 16.8. The van der Waals surface area contributed by atoms with Crippen LogP contribution in [-0.2, 0) is 4.74 Å². The van der Waals surface area contributed by atoms with Crippen LogP contribution < -0.4 is 20.9 Å². The maximum absolute atomic E-state index is 12.8. The smallest absolute Gasteiger partial charge is 0.283 e. The number of methoxy groups -OCH3 is 2. The minimum absolute atomic E-state index is 0.311. The van der Waals surface area contributed by atoms with Gasteiger partial charge in [0.15, 0.2) is 0 Å². The fourth-order valence-corrected chi connectivity index (χ4v) is 3.67. The molecular weight excluding hydrogens is 418 g/mol. The Morgan fingerprint density at radius 1 is 1.23 bits per heavy atom. The van der Waals surface area contributed by atoms with E-state index in [-0.39, 0.29) is 11.5 Å². The Kier molecular flexibility index (Phi) is 5.54. The number of benzene rings is 2. The number of ether oxygens (including phenoxy) is 2. The van der Waals surface area contributed by atoms with E-state index in [0.717, 1.165) is 0 Å². The van der Waals surface area contributed by atoms with E-state index in [9.17, 15) is 9.59 Å². The number of anilines is 2. The van der Waals surface area contributed by atoms with E-state index in [2.05, 4.69) is 27.3 Å². The Balaban J connectivity index is 1.64. The van der Waals surface area contributed by atoms with E-state index in [0.29, 0.717) is 50.3 Å². The number of hydrogen-bond donors (Lipinski definition) is 2. The molecule has 2 heterocycles. The van der Waals surface area contributed by atoms with Crippen molar-refractivity contribution in [2.75, 3.05) is 31.4 Å². The van der Waals surface area contributed by atoms with Crippen molar-refractivity contribution in [2.24, 2.45) is 0 Å². The van der Waals surface area contributed by atoms with Crippen molar-refractivity contribution < 1.29 is 14.3 Å². The summed E-state index contributed by atoms with van der Waals surface area (Å²) in [5.41, 5.74) is 1.09. The van der Waals surface area contributed by atoms with Gasteiger partial charge in [-0.15, -0.1) is 5.10 Å². The lowest BCUT2D eigenvalue weighted by Gasteiger charge is -2.07. The summed E-state index contributed by atoms with van der Waals surface area (Å²) >= 11 is 1.22. The zero-order valence-corrected chi connectivity index (χ0v) is 17.7. The number of amides is 1. The second-order valence-corrected chi connectivity index (χ2v) is 7.49. The second-order valence-electron chi connectivity index (χ2n) is 6.53. The Hall–Kier alpha value is -3.92. The van der Waals surface area contributed by atoms with Gasteiger partial charge in [-0.3, -0.25) is 9.59 Å². The first-order valence-electron chi connectivity index (χ1n) is 9.23. The van der Waals surface area contributed by atoms with Gasteiger partial charge in [0, 0.05) is 17.3 Å². The normalized spacial score (nSPS) is 10.8. The first kappa shape index (κ1) is 20.4. The molecule has 2 aromatic carbocycles. The number of carbonyl (C=O) groups excluding carboxylic acids is 1. The van der Waals surface area contributed by atoms with Gasteiger partial charge in [-0.25, -0.2) is 4.98 Å². The molecule has 0 atom stereocenters.